The SMILES string of the molecule is CC1=CC(=O)C(C(=O)/C=C/c2cccc(OC(F)(F)C(F)F)c2)C(=O)O1. The number of alkyl halides is 4. The van der Waals surface area contributed by atoms with Crippen LogP contribution in [0.3, 0.4) is 0 Å². The number of rotatable bonds is 6. The summed E-state index contributed by atoms with van der Waals surface area (Å²) in [6.45, 7) is 1.38. The number of ketones is 2. The molecular formula is C17H12F4O5. The molecule has 0 spiro atoms. The highest BCUT2D eigenvalue weighted by Crippen LogP contribution is 2.28. The van der Waals surface area contributed by atoms with E-state index in [4.69, 9.17) is 4.74 Å². The second-order valence-corrected chi connectivity index (χ2v) is 5.28. The van der Waals surface area contributed by atoms with Crippen molar-refractivity contribution in [3.8, 4) is 5.75 Å². The molecule has 5 nitrogen and oxygen atoms in total. The van der Waals surface area contributed by atoms with Crippen LogP contribution in [0, 0.1) is 5.92 Å². The van der Waals surface area contributed by atoms with E-state index in [9.17, 15) is 31.9 Å². The Morgan fingerprint density at radius 3 is 2.62 bits per heavy atom. The molecule has 2 rings (SSSR count). The summed E-state index contributed by atoms with van der Waals surface area (Å²) in [5.41, 5.74) is 0.157. The summed E-state index contributed by atoms with van der Waals surface area (Å²) in [5, 5.41) is 0. The quantitative estimate of drug-likeness (QED) is 0.332. The second-order valence-electron chi connectivity index (χ2n) is 5.28. The van der Waals surface area contributed by atoms with Gasteiger partial charge < -0.3 is 9.47 Å². The van der Waals surface area contributed by atoms with Crippen LogP contribution in [0.2, 0.25) is 0 Å². The number of benzene rings is 1. The zero-order chi connectivity index (χ0) is 19.5. The molecule has 0 fully saturated rings. The summed E-state index contributed by atoms with van der Waals surface area (Å²) in [5.74, 6) is -4.74. The molecule has 1 aromatic carbocycles. The molecule has 1 atom stereocenters. The van der Waals surface area contributed by atoms with Crippen LogP contribution in [-0.4, -0.2) is 30.1 Å². The van der Waals surface area contributed by atoms with Crippen molar-refractivity contribution >= 4 is 23.6 Å². The fraction of sp³-hybridized carbons (Fsp3) is 0.235. The van der Waals surface area contributed by atoms with Crippen LogP contribution < -0.4 is 4.74 Å². The van der Waals surface area contributed by atoms with Crippen molar-refractivity contribution in [3.63, 3.8) is 0 Å². The molecule has 0 amide bonds. The van der Waals surface area contributed by atoms with Crippen molar-refractivity contribution in [1.29, 1.82) is 0 Å². The largest absolute Gasteiger partial charge is 0.461 e. The highest BCUT2D eigenvalue weighted by atomic mass is 19.3. The number of hydrogen-bond acceptors (Lipinski definition) is 5. The van der Waals surface area contributed by atoms with Crippen LogP contribution in [0.25, 0.3) is 6.08 Å². The number of ether oxygens (including phenoxy) is 2. The molecule has 0 radical (unpaired) electrons. The first kappa shape index (κ1) is 19.4. The molecule has 138 valence electrons. The lowest BCUT2D eigenvalue weighted by Gasteiger charge is -2.17. The third-order valence-corrected chi connectivity index (χ3v) is 3.22. The molecule has 1 aromatic rings. The fourth-order valence-electron chi connectivity index (χ4n) is 2.06. The van der Waals surface area contributed by atoms with Gasteiger partial charge in [-0.1, -0.05) is 18.2 Å². The Labute approximate surface area is 144 Å². The van der Waals surface area contributed by atoms with Crippen LogP contribution in [-0.2, 0) is 19.1 Å². The standard InChI is InChI=1S/C17H12F4O5/c1-9-7-13(23)14(15(24)25-9)12(22)6-5-10-3-2-4-11(8-10)26-17(20,21)16(18)19/h2-8,14,16H,1H3/b6-5+. The Hall–Kier alpha value is -2.97. The predicted molar refractivity (Wildman–Crippen MR) is 80.4 cm³/mol. The molecule has 0 N–H and O–H groups in total. The first-order chi connectivity index (χ1) is 12.1. The second kappa shape index (κ2) is 7.51. The highest BCUT2D eigenvalue weighted by Gasteiger charge is 2.44. The minimum atomic E-state index is -4.67. The molecule has 0 aliphatic carbocycles. The van der Waals surface area contributed by atoms with Crippen molar-refractivity contribution in [2.24, 2.45) is 5.92 Å². The average Bonchev–Trinajstić information content (AvgIpc) is 2.51. The highest BCUT2D eigenvalue weighted by molar-refractivity contribution is 6.25. The zero-order valence-electron chi connectivity index (χ0n) is 13.2. The molecule has 0 aromatic heterocycles. The van der Waals surface area contributed by atoms with E-state index in [1.54, 1.807) is 0 Å². The Kier molecular flexibility index (Phi) is 5.59. The van der Waals surface area contributed by atoms with Gasteiger partial charge in [-0.3, -0.25) is 14.4 Å². The van der Waals surface area contributed by atoms with Gasteiger partial charge in [-0.15, -0.1) is 0 Å². The van der Waals surface area contributed by atoms with Gasteiger partial charge in [-0.2, -0.15) is 17.6 Å². The first-order valence-electron chi connectivity index (χ1n) is 7.21. The third kappa shape index (κ3) is 4.56. The van der Waals surface area contributed by atoms with Gasteiger partial charge in [0.25, 0.3) is 0 Å². The minimum Gasteiger partial charge on any atom is -0.430 e. The topological polar surface area (TPSA) is 69.7 Å². The molecule has 26 heavy (non-hydrogen) atoms. The summed E-state index contributed by atoms with van der Waals surface area (Å²) in [6.07, 6.45) is -5.65. The Balaban J connectivity index is 2.13. The lowest BCUT2D eigenvalue weighted by molar-refractivity contribution is -0.253. The monoisotopic (exact) mass is 372 g/mol. The van der Waals surface area contributed by atoms with E-state index < -0.39 is 41.7 Å². The van der Waals surface area contributed by atoms with Crippen molar-refractivity contribution in [2.75, 3.05) is 0 Å². The first-order valence-corrected chi connectivity index (χ1v) is 7.21. The van der Waals surface area contributed by atoms with Crippen LogP contribution in [0.1, 0.15) is 12.5 Å². The van der Waals surface area contributed by atoms with E-state index in [1.807, 2.05) is 0 Å². The van der Waals surface area contributed by atoms with Gasteiger partial charge in [0.05, 0.1) is 0 Å². The third-order valence-electron chi connectivity index (χ3n) is 3.22. The van der Waals surface area contributed by atoms with Crippen molar-refractivity contribution in [2.45, 2.75) is 19.5 Å². The smallest absolute Gasteiger partial charge is 0.430 e. The van der Waals surface area contributed by atoms with Crippen LogP contribution >= 0.6 is 0 Å². The van der Waals surface area contributed by atoms with E-state index in [2.05, 4.69) is 4.74 Å². The maximum atomic E-state index is 12.9. The molecule has 1 unspecified atom stereocenters. The lowest BCUT2D eigenvalue weighted by Crippen LogP contribution is -2.34. The van der Waals surface area contributed by atoms with Crippen molar-refractivity contribution in [1.82, 2.24) is 0 Å². The van der Waals surface area contributed by atoms with Gasteiger partial charge in [0.1, 0.15) is 11.5 Å². The van der Waals surface area contributed by atoms with E-state index in [0.29, 0.717) is 0 Å². The molecule has 0 saturated carbocycles. The molecule has 9 heteroatoms. The average molecular weight is 372 g/mol. The number of carbonyl (C=O) groups excluding carboxylic acids is 3. The molecule has 1 aliphatic rings. The van der Waals surface area contributed by atoms with E-state index in [1.165, 1.54) is 19.1 Å². The molecule has 0 bridgehead atoms. The summed E-state index contributed by atoms with van der Waals surface area (Å²) in [7, 11) is 0. The van der Waals surface area contributed by atoms with Gasteiger partial charge in [0, 0.05) is 6.08 Å². The van der Waals surface area contributed by atoms with Crippen LogP contribution in [0.4, 0.5) is 17.6 Å². The number of esters is 1. The normalized spacial score (nSPS) is 18.1. The summed E-state index contributed by atoms with van der Waals surface area (Å²) < 4.78 is 58.7. The molecule has 1 aliphatic heterocycles. The van der Waals surface area contributed by atoms with Gasteiger partial charge in [0.2, 0.25) is 0 Å². The van der Waals surface area contributed by atoms with Gasteiger partial charge in [-0.05, 0) is 30.7 Å². The molecule has 1 heterocycles. The Bertz CT molecular complexity index is 798. The van der Waals surface area contributed by atoms with E-state index in [-0.39, 0.29) is 11.3 Å². The van der Waals surface area contributed by atoms with Gasteiger partial charge in [0.15, 0.2) is 17.5 Å². The van der Waals surface area contributed by atoms with Crippen molar-refractivity contribution < 1.29 is 41.4 Å². The van der Waals surface area contributed by atoms with E-state index in [0.717, 1.165) is 30.4 Å². The number of halogens is 4. The summed E-state index contributed by atoms with van der Waals surface area (Å²) >= 11 is 0. The minimum absolute atomic E-state index is 0.0674. The fourth-order valence-corrected chi connectivity index (χ4v) is 2.06. The number of cyclic esters (lactones) is 1. The van der Waals surface area contributed by atoms with E-state index >= 15 is 0 Å². The lowest BCUT2D eigenvalue weighted by atomic mass is 9.96. The maximum absolute atomic E-state index is 12.9. The van der Waals surface area contributed by atoms with Crippen molar-refractivity contribution in [3.05, 3.63) is 47.7 Å². The zero-order valence-corrected chi connectivity index (χ0v) is 13.2. The number of hydrogen-bond donors (Lipinski definition) is 0. The number of allylic oxidation sites excluding steroid dienone is 3. The van der Waals surface area contributed by atoms with Crippen LogP contribution in [0.15, 0.2) is 42.2 Å². The molecule has 0 saturated heterocycles. The Morgan fingerprint density at radius 1 is 1.31 bits per heavy atom. The number of carbonyl (C=O) groups is 3. The van der Waals surface area contributed by atoms with Gasteiger partial charge >= 0.3 is 18.5 Å². The van der Waals surface area contributed by atoms with Gasteiger partial charge in [-0.25, -0.2) is 0 Å². The predicted octanol–water partition coefficient (Wildman–Crippen LogP) is 3.15. The summed E-state index contributed by atoms with van der Waals surface area (Å²) in [4.78, 5) is 35.4. The summed E-state index contributed by atoms with van der Waals surface area (Å²) in [6, 6.07) is 4.64. The maximum Gasteiger partial charge on any atom is 0.461 e. The Morgan fingerprint density at radius 2 is 2.00 bits per heavy atom. The molecular weight excluding hydrogens is 360 g/mol. The van der Waals surface area contributed by atoms with Crippen LogP contribution in [0.5, 0.6) is 5.75 Å².